The Balaban J connectivity index is 1.52. The Kier molecular flexibility index (Phi) is 11.7. The Morgan fingerprint density at radius 2 is 1.93 bits per heavy atom. The lowest BCUT2D eigenvalue weighted by Crippen LogP contribution is -2.50. The molecule has 0 radical (unpaired) electrons. The summed E-state index contributed by atoms with van der Waals surface area (Å²) >= 11 is 0. The van der Waals surface area contributed by atoms with E-state index < -0.39 is 29.6 Å². The van der Waals surface area contributed by atoms with Gasteiger partial charge in [-0.15, -0.1) is 6.58 Å². The van der Waals surface area contributed by atoms with Crippen LogP contribution in [0.25, 0.3) is 12.2 Å². The Labute approximate surface area is 246 Å². The van der Waals surface area contributed by atoms with Gasteiger partial charge in [0.15, 0.2) is 0 Å². The van der Waals surface area contributed by atoms with Gasteiger partial charge < -0.3 is 15.0 Å². The number of hydrogen-bond acceptors (Lipinski definition) is 3. The number of allylic oxidation sites excluding steroid dienone is 3. The molecule has 0 aromatic heterocycles. The summed E-state index contributed by atoms with van der Waals surface area (Å²) in [5.41, 5.74) is 0.939. The number of nitrogens with zero attached hydrogens (tertiary/aromatic N) is 1. The highest BCUT2D eigenvalue weighted by molar-refractivity contribution is 5.96. The SMILES string of the molecule is C=CCC(F)(F)c1ccc(C(=O)N2CC(CC=CC(C)CC=c3ccc(C(=O)NCCOC)c(C)c3=CC)C2)c(F)c1. The lowest BCUT2D eigenvalue weighted by atomic mass is 9.93. The fourth-order valence-electron chi connectivity index (χ4n) is 5.08. The maximum absolute atomic E-state index is 14.5. The first kappa shape index (κ1) is 32.9. The largest absolute Gasteiger partial charge is 0.383 e. The molecule has 0 spiro atoms. The van der Waals surface area contributed by atoms with Gasteiger partial charge >= 0.3 is 0 Å². The third-order valence-electron chi connectivity index (χ3n) is 7.58. The highest BCUT2D eigenvalue weighted by Crippen LogP contribution is 2.33. The summed E-state index contributed by atoms with van der Waals surface area (Å²) < 4.78 is 47.6. The van der Waals surface area contributed by atoms with Crippen LogP contribution in [0.2, 0.25) is 0 Å². The van der Waals surface area contributed by atoms with Crippen LogP contribution >= 0.6 is 0 Å². The van der Waals surface area contributed by atoms with E-state index in [9.17, 15) is 22.8 Å². The standard InChI is InChI=1S/C34H41F3N2O3/c1-6-17-34(36,37)27-14-16-30(31(35)20-27)33(41)39-21-25(22-39)10-8-9-23(3)11-12-26-13-15-29(24(4)28(26)7-2)32(40)38-18-19-42-5/h6-9,12-16,20,23,25H,1,10-11,17-19,21-22H2,2-5H3,(H,38,40). The quantitative estimate of drug-likeness (QED) is 0.251. The van der Waals surface area contributed by atoms with Crippen LogP contribution in [0.1, 0.15) is 65.0 Å². The number of rotatable bonds is 13. The van der Waals surface area contributed by atoms with Gasteiger partial charge in [-0.1, -0.05) is 49.4 Å². The number of alkyl halides is 2. The molecule has 2 amide bonds. The maximum atomic E-state index is 14.5. The smallest absolute Gasteiger partial charge is 0.276 e. The molecule has 8 heteroatoms. The summed E-state index contributed by atoms with van der Waals surface area (Å²) in [7, 11) is 1.60. The Morgan fingerprint density at radius 1 is 1.21 bits per heavy atom. The number of carbonyl (C=O) groups is 2. The van der Waals surface area contributed by atoms with Gasteiger partial charge in [-0.3, -0.25) is 9.59 Å². The Bertz CT molecular complexity index is 1430. The lowest BCUT2D eigenvalue weighted by molar-refractivity contribution is -0.00125. The predicted octanol–water partition coefficient (Wildman–Crippen LogP) is 5.50. The van der Waals surface area contributed by atoms with E-state index in [1.807, 2.05) is 32.1 Å². The van der Waals surface area contributed by atoms with Crippen molar-refractivity contribution >= 4 is 24.0 Å². The van der Waals surface area contributed by atoms with E-state index >= 15 is 0 Å². The molecule has 1 saturated heterocycles. The van der Waals surface area contributed by atoms with Crippen LogP contribution in [-0.2, 0) is 10.7 Å². The van der Waals surface area contributed by atoms with Gasteiger partial charge in [0.1, 0.15) is 5.82 Å². The topological polar surface area (TPSA) is 58.6 Å². The first-order valence-corrected chi connectivity index (χ1v) is 14.3. The van der Waals surface area contributed by atoms with Crippen molar-refractivity contribution in [2.45, 2.75) is 46.0 Å². The molecule has 1 N–H and O–H groups in total. The zero-order valence-corrected chi connectivity index (χ0v) is 24.9. The minimum atomic E-state index is -3.23. The zero-order valence-electron chi connectivity index (χ0n) is 24.9. The van der Waals surface area contributed by atoms with E-state index in [0.717, 1.165) is 53.1 Å². The minimum absolute atomic E-state index is 0.112. The molecule has 3 rings (SSSR count). The van der Waals surface area contributed by atoms with Crippen molar-refractivity contribution in [1.29, 1.82) is 0 Å². The van der Waals surface area contributed by atoms with Gasteiger partial charge in [0.2, 0.25) is 0 Å². The normalized spacial score (nSPS) is 15.6. The number of ether oxygens (including phenoxy) is 1. The highest BCUT2D eigenvalue weighted by atomic mass is 19.3. The van der Waals surface area contributed by atoms with Gasteiger partial charge in [-0.2, -0.15) is 0 Å². The van der Waals surface area contributed by atoms with Crippen molar-refractivity contribution in [2.75, 3.05) is 33.4 Å². The second kappa shape index (κ2) is 15.0. The van der Waals surface area contributed by atoms with Crippen molar-refractivity contribution < 1.29 is 27.5 Å². The molecule has 226 valence electrons. The van der Waals surface area contributed by atoms with Gasteiger partial charge in [0.05, 0.1) is 12.2 Å². The molecule has 1 fully saturated rings. The van der Waals surface area contributed by atoms with Crippen molar-refractivity contribution in [2.24, 2.45) is 11.8 Å². The van der Waals surface area contributed by atoms with Gasteiger partial charge in [0, 0.05) is 44.3 Å². The second-order valence-electron chi connectivity index (χ2n) is 10.8. The number of hydrogen-bond donors (Lipinski definition) is 1. The van der Waals surface area contributed by atoms with E-state index in [1.165, 1.54) is 0 Å². The first-order valence-electron chi connectivity index (χ1n) is 14.3. The zero-order chi connectivity index (χ0) is 30.9. The van der Waals surface area contributed by atoms with Crippen molar-refractivity contribution in [3.63, 3.8) is 0 Å². The third-order valence-corrected chi connectivity index (χ3v) is 7.58. The predicted molar refractivity (Wildman–Crippen MR) is 161 cm³/mol. The number of likely N-dealkylation sites (tertiary alicyclic amines) is 1. The van der Waals surface area contributed by atoms with Crippen LogP contribution in [-0.4, -0.2) is 50.1 Å². The summed E-state index contributed by atoms with van der Waals surface area (Å²) in [6.45, 7) is 11.3. The second-order valence-corrected chi connectivity index (χ2v) is 10.8. The molecule has 42 heavy (non-hydrogen) atoms. The van der Waals surface area contributed by atoms with E-state index in [2.05, 4.69) is 37.0 Å². The van der Waals surface area contributed by atoms with Crippen molar-refractivity contribution in [3.05, 3.63) is 93.6 Å². The van der Waals surface area contributed by atoms with Crippen molar-refractivity contribution in [3.8, 4) is 0 Å². The molecule has 1 atom stereocenters. The number of methoxy groups -OCH3 is 1. The number of nitrogens with one attached hydrogen (secondary N) is 1. The summed E-state index contributed by atoms with van der Waals surface area (Å²) in [6, 6.07) is 6.83. The lowest BCUT2D eigenvalue weighted by Gasteiger charge is -2.39. The maximum Gasteiger partial charge on any atom is 0.276 e. The average Bonchev–Trinajstić information content (AvgIpc) is 2.92. The summed E-state index contributed by atoms with van der Waals surface area (Å²) in [5.74, 6) is -4.20. The molecule has 0 aliphatic carbocycles. The van der Waals surface area contributed by atoms with E-state index in [-0.39, 0.29) is 23.3 Å². The van der Waals surface area contributed by atoms with Gasteiger partial charge in [-0.25, -0.2) is 13.2 Å². The molecule has 0 saturated carbocycles. The number of amides is 2. The molecule has 5 nitrogen and oxygen atoms in total. The third kappa shape index (κ3) is 8.22. The first-order chi connectivity index (χ1) is 20.0. The summed E-state index contributed by atoms with van der Waals surface area (Å²) in [6.07, 6.45) is 10.6. The molecule has 2 aromatic carbocycles. The van der Waals surface area contributed by atoms with Crippen LogP contribution in [0.15, 0.2) is 55.1 Å². The minimum Gasteiger partial charge on any atom is -0.383 e. The average molecular weight is 583 g/mol. The molecule has 1 unspecified atom stereocenters. The molecule has 1 aliphatic heterocycles. The molecular formula is C34H41F3N2O3. The molecule has 1 aliphatic rings. The number of carbonyl (C=O) groups excluding carboxylic acids is 2. The van der Waals surface area contributed by atoms with Crippen LogP contribution in [0.4, 0.5) is 13.2 Å². The highest BCUT2D eigenvalue weighted by Gasteiger charge is 2.34. The Hall–Kier alpha value is -3.65. The number of benzene rings is 2. The molecular weight excluding hydrogens is 541 g/mol. The summed E-state index contributed by atoms with van der Waals surface area (Å²) in [4.78, 5) is 26.8. The van der Waals surface area contributed by atoms with Crippen LogP contribution in [0.5, 0.6) is 0 Å². The fraction of sp³-hybridized carbons (Fsp3) is 0.412. The van der Waals surface area contributed by atoms with Crippen LogP contribution in [0.3, 0.4) is 0 Å². The van der Waals surface area contributed by atoms with E-state index in [0.29, 0.717) is 31.8 Å². The van der Waals surface area contributed by atoms with Gasteiger partial charge in [-0.05, 0) is 72.7 Å². The van der Waals surface area contributed by atoms with E-state index in [1.54, 1.807) is 12.0 Å². The molecule has 0 bridgehead atoms. The Morgan fingerprint density at radius 3 is 2.57 bits per heavy atom. The van der Waals surface area contributed by atoms with Gasteiger partial charge in [0.25, 0.3) is 17.7 Å². The summed E-state index contributed by atoms with van der Waals surface area (Å²) in [5, 5.41) is 5.00. The van der Waals surface area contributed by atoms with Crippen LogP contribution < -0.4 is 15.8 Å². The monoisotopic (exact) mass is 582 g/mol. The fourth-order valence-corrected chi connectivity index (χ4v) is 5.08. The molecule has 1 heterocycles. The van der Waals surface area contributed by atoms with Crippen LogP contribution in [0, 0.1) is 24.6 Å². The number of halogens is 3. The van der Waals surface area contributed by atoms with E-state index in [4.69, 9.17) is 4.74 Å². The molecule has 2 aromatic rings. The van der Waals surface area contributed by atoms with Crippen molar-refractivity contribution in [1.82, 2.24) is 10.2 Å².